The highest BCUT2D eigenvalue weighted by Crippen LogP contribution is 2.22. The summed E-state index contributed by atoms with van der Waals surface area (Å²) in [7, 11) is -3.86. The number of aryl methyl sites for hydroxylation is 1. The standard InChI is InChI=1S/C21H25NO6S/c1-5-27-20-11-8-17(16(4)23)12-18(20)13-28-21(24)15(3)22-29(25,26)19-9-6-14(2)7-10-19/h6-12,15,22H,5,13H2,1-4H3/t15-/m0/s1. The second-order valence-corrected chi connectivity index (χ2v) is 8.29. The fourth-order valence-electron chi connectivity index (χ4n) is 2.55. The largest absolute Gasteiger partial charge is 0.493 e. The molecule has 2 aromatic carbocycles. The van der Waals surface area contributed by atoms with Crippen molar-refractivity contribution in [2.75, 3.05) is 6.61 Å². The first-order valence-electron chi connectivity index (χ1n) is 9.16. The third kappa shape index (κ3) is 6.13. The zero-order chi connectivity index (χ0) is 21.6. The third-order valence-corrected chi connectivity index (χ3v) is 5.71. The maximum Gasteiger partial charge on any atom is 0.324 e. The average Bonchev–Trinajstić information content (AvgIpc) is 2.66. The number of ketones is 1. The van der Waals surface area contributed by atoms with Gasteiger partial charge in [-0.1, -0.05) is 17.7 Å². The minimum Gasteiger partial charge on any atom is -0.493 e. The lowest BCUT2D eigenvalue weighted by Crippen LogP contribution is -2.39. The summed E-state index contributed by atoms with van der Waals surface area (Å²) in [6.07, 6.45) is 0. The zero-order valence-electron chi connectivity index (χ0n) is 16.9. The van der Waals surface area contributed by atoms with Crippen LogP contribution >= 0.6 is 0 Å². The molecule has 0 spiro atoms. The Kier molecular flexibility index (Phi) is 7.53. The van der Waals surface area contributed by atoms with Crippen molar-refractivity contribution < 1.29 is 27.5 Å². The number of esters is 1. The molecule has 0 aliphatic carbocycles. The van der Waals surface area contributed by atoms with Gasteiger partial charge in [0, 0.05) is 11.1 Å². The lowest BCUT2D eigenvalue weighted by Gasteiger charge is -2.16. The van der Waals surface area contributed by atoms with Crippen LogP contribution in [0.3, 0.4) is 0 Å². The Hall–Kier alpha value is -2.71. The molecule has 2 rings (SSSR count). The van der Waals surface area contributed by atoms with Crippen molar-refractivity contribution in [3.8, 4) is 5.75 Å². The van der Waals surface area contributed by atoms with Gasteiger partial charge in [0.05, 0.1) is 11.5 Å². The first-order valence-corrected chi connectivity index (χ1v) is 10.6. The van der Waals surface area contributed by atoms with Gasteiger partial charge in [-0.3, -0.25) is 9.59 Å². The van der Waals surface area contributed by atoms with Crippen LogP contribution in [0.4, 0.5) is 0 Å². The summed E-state index contributed by atoms with van der Waals surface area (Å²) in [5.41, 5.74) is 1.92. The summed E-state index contributed by atoms with van der Waals surface area (Å²) >= 11 is 0. The number of carbonyl (C=O) groups is 2. The third-order valence-electron chi connectivity index (χ3n) is 4.15. The highest BCUT2D eigenvalue weighted by Gasteiger charge is 2.23. The summed E-state index contributed by atoms with van der Waals surface area (Å²) < 4.78 is 37.9. The molecule has 0 fully saturated rings. The fourth-order valence-corrected chi connectivity index (χ4v) is 3.74. The van der Waals surface area contributed by atoms with Gasteiger partial charge < -0.3 is 9.47 Å². The monoisotopic (exact) mass is 419 g/mol. The van der Waals surface area contributed by atoms with E-state index in [1.807, 2.05) is 13.8 Å². The minimum atomic E-state index is -3.86. The number of carbonyl (C=O) groups excluding carboxylic acids is 2. The number of hydrogen-bond donors (Lipinski definition) is 1. The van der Waals surface area contributed by atoms with E-state index in [1.165, 1.54) is 26.0 Å². The van der Waals surface area contributed by atoms with E-state index in [0.717, 1.165) is 5.56 Å². The van der Waals surface area contributed by atoms with Gasteiger partial charge in [-0.2, -0.15) is 4.72 Å². The van der Waals surface area contributed by atoms with Crippen molar-refractivity contribution >= 4 is 21.8 Å². The number of sulfonamides is 1. The predicted octanol–water partition coefficient (Wildman–Crippen LogP) is 3.01. The molecular formula is C21H25NO6S. The number of benzene rings is 2. The van der Waals surface area contributed by atoms with Crippen LogP contribution in [-0.4, -0.2) is 32.8 Å². The van der Waals surface area contributed by atoms with E-state index in [1.54, 1.807) is 30.3 Å². The lowest BCUT2D eigenvalue weighted by molar-refractivity contribution is -0.146. The highest BCUT2D eigenvalue weighted by atomic mass is 32.2. The normalized spacial score (nSPS) is 12.3. The van der Waals surface area contributed by atoms with Gasteiger partial charge in [-0.05, 0) is 58.0 Å². The van der Waals surface area contributed by atoms with Gasteiger partial charge in [0.2, 0.25) is 10.0 Å². The highest BCUT2D eigenvalue weighted by molar-refractivity contribution is 7.89. The Morgan fingerprint density at radius 2 is 1.76 bits per heavy atom. The van der Waals surface area contributed by atoms with Gasteiger partial charge in [0.25, 0.3) is 0 Å². The van der Waals surface area contributed by atoms with Crippen LogP contribution in [0, 0.1) is 6.92 Å². The number of hydrogen-bond acceptors (Lipinski definition) is 6. The van der Waals surface area contributed by atoms with E-state index in [0.29, 0.717) is 23.5 Å². The molecule has 8 heteroatoms. The van der Waals surface area contributed by atoms with E-state index in [9.17, 15) is 18.0 Å². The van der Waals surface area contributed by atoms with Crippen LogP contribution in [0.15, 0.2) is 47.4 Å². The van der Waals surface area contributed by atoms with Crippen LogP contribution in [-0.2, 0) is 26.2 Å². The van der Waals surface area contributed by atoms with Crippen molar-refractivity contribution in [2.45, 2.75) is 45.2 Å². The number of nitrogens with one attached hydrogen (secondary N) is 1. The van der Waals surface area contributed by atoms with Gasteiger partial charge in [0.1, 0.15) is 18.4 Å². The van der Waals surface area contributed by atoms with Crippen LogP contribution < -0.4 is 9.46 Å². The predicted molar refractivity (Wildman–Crippen MR) is 108 cm³/mol. The van der Waals surface area contributed by atoms with Crippen molar-refractivity contribution in [3.05, 3.63) is 59.2 Å². The van der Waals surface area contributed by atoms with E-state index in [2.05, 4.69) is 4.72 Å². The Labute approximate surface area is 171 Å². The van der Waals surface area contributed by atoms with Gasteiger partial charge in [-0.25, -0.2) is 8.42 Å². The van der Waals surface area contributed by atoms with E-state index < -0.39 is 22.0 Å². The second kappa shape index (κ2) is 9.67. The summed E-state index contributed by atoms with van der Waals surface area (Å²) in [4.78, 5) is 24.0. The van der Waals surface area contributed by atoms with E-state index in [-0.39, 0.29) is 17.3 Å². The Balaban J connectivity index is 2.07. The summed E-state index contributed by atoms with van der Waals surface area (Å²) in [6.45, 7) is 6.77. The molecule has 7 nitrogen and oxygen atoms in total. The molecule has 0 aliphatic heterocycles. The van der Waals surface area contributed by atoms with Crippen molar-refractivity contribution in [3.63, 3.8) is 0 Å². The molecule has 0 unspecified atom stereocenters. The maximum atomic E-state index is 12.4. The molecular weight excluding hydrogens is 394 g/mol. The van der Waals surface area contributed by atoms with Crippen molar-refractivity contribution in [1.82, 2.24) is 4.72 Å². The molecule has 156 valence electrons. The number of Topliss-reactive ketones (excluding diaryl/α,β-unsaturated/α-hetero) is 1. The SMILES string of the molecule is CCOc1ccc(C(C)=O)cc1COC(=O)[C@H](C)NS(=O)(=O)c1ccc(C)cc1. The molecule has 2 aromatic rings. The molecule has 0 saturated heterocycles. The molecule has 1 atom stereocenters. The fraction of sp³-hybridized carbons (Fsp3) is 0.333. The van der Waals surface area contributed by atoms with Crippen LogP contribution in [0.5, 0.6) is 5.75 Å². The molecule has 0 aromatic heterocycles. The van der Waals surface area contributed by atoms with Crippen molar-refractivity contribution in [1.29, 1.82) is 0 Å². The Morgan fingerprint density at radius 3 is 2.34 bits per heavy atom. The Morgan fingerprint density at radius 1 is 1.10 bits per heavy atom. The summed E-state index contributed by atoms with van der Waals surface area (Å²) in [5.74, 6) is -0.366. The number of ether oxygens (including phenoxy) is 2. The molecule has 0 saturated carbocycles. The molecule has 1 N–H and O–H groups in total. The van der Waals surface area contributed by atoms with Gasteiger partial charge in [0.15, 0.2) is 5.78 Å². The minimum absolute atomic E-state index is 0.0653. The van der Waals surface area contributed by atoms with Gasteiger partial charge in [-0.15, -0.1) is 0 Å². The summed E-state index contributed by atoms with van der Waals surface area (Å²) in [5, 5.41) is 0. The number of rotatable bonds is 9. The molecule has 29 heavy (non-hydrogen) atoms. The van der Waals surface area contributed by atoms with Crippen molar-refractivity contribution in [2.24, 2.45) is 0 Å². The molecule has 0 heterocycles. The first-order chi connectivity index (χ1) is 13.6. The topological polar surface area (TPSA) is 98.8 Å². The zero-order valence-corrected chi connectivity index (χ0v) is 17.7. The first kappa shape index (κ1) is 22.6. The van der Waals surface area contributed by atoms with E-state index in [4.69, 9.17) is 9.47 Å². The van der Waals surface area contributed by atoms with Crippen LogP contribution in [0.25, 0.3) is 0 Å². The van der Waals surface area contributed by atoms with Crippen LogP contribution in [0.1, 0.15) is 42.3 Å². The maximum absolute atomic E-state index is 12.4. The average molecular weight is 419 g/mol. The smallest absolute Gasteiger partial charge is 0.324 e. The summed E-state index contributed by atoms with van der Waals surface area (Å²) in [6, 6.07) is 10.1. The van der Waals surface area contributed by atoms with E-state index >= 15 is 0 Å². The molecule has 0 aliphatic rings. The second-order valence-electron chi connectivity index (χ2n) is 6.58. The van der Waals surface area contributed by atoms with Crippen LogP contribution in [0.2, 0.25) is 0 Å². The lowest BCUT2D eigenvalue weighted by atomic mass is 10.1. The van der Waals surface area contributed by atoms with Gasteiger partial charge >= 0.3 is 5.97 Å². The molecule has 0 amide bonds. The molecule has 0 radical (unpaired) electrons. The molecule has 0 bridgehead atoms. The quantitative estimate of drug-likeness (QED) is 0.496. The Bertz CT molecular complexity index is 983.